The van der Waals surface area contributed by atoms with Gasteiger partial charge in [-0.3, -0.25) is 0 Å². The van der Waals surface area contributed by atoms with Crippen molar-refractivity contribution in [2.24, 2.45) is 0 Å². The van der Waals surface area contributed by atoms with E-state index in [1.54, 1.807) is 0 Å². The van der Waals surface area contributed by atoms with Crippen LogP contribution in [0.25, 0.3) is 32.6 Å². The van der Waals surface area contributed by atoms with Gasteiger partial charge in [0.1, 0.15) is 0 Å². The summed E-state index contributed by atoms with van der Waals surface area (Å²) < 4.78 is 0. The van der Waals surface area contributed by atoms with E-state index in [4.69, 9.17) is 0 Å². The molecule has 4 rings (SSSR count). The van der Waals surface area contributed by atoms with E-state index in [0.717, 1.165) is 0 Å². The maximum atomic E-state index is 3.52. The molecule has 0 radical (unpaired) electrons. The average Bonchev–Trinajstić information content (AvgIpc) is 2.78. The zero-order valence-corrected chi connectivity index (χ0v) is 9.98. The van der Waals surface area contributed by atoms with Crippen LogP contribution in [-0.4, -0.2) is 4.98 Å². The van der Waals surface area contributed by atoms with Gasteiger partial charge in [-0.05, 0) is 11.5 Å². The third kappa shape index (κ3) is 1.33. The average molecular weight is 234 g/mol. The van der Waals surface area contributed by atoms with Gasteiger partial charge in [0.2, 0.25) is 0 Å². The summed E-state index contributed by atoms with van der Waals surface area (Å²) in [6, 6.07) is 21.4. The monoisotopic (exact) mass is 234 g/mol. The van der Waals surface area contributed by atoms with E-state index in [2.05, 4.69) is 65.6 Å². The van der Waals surface area contributed by atoms with Gasteiger partial charge in [-0.25, -0.2) is 0 Å². The molecule has 0 saturated carbocycles. The molecule has 0 bridgehead atoms. The molecule has 0 aliphatic carbocycles. The highest BCUT2D eigenvalue weighted by Gasteiger charge is 2.05. The molecule has 18 heavy (non-hydrogen) atoms. The minimum Gasteiger partial charge on any atom is -0.354 e. The molecule has 2 nitrogen and oxygen atoms in total. The topological polar surface area (TPSA) is 50.8 Å². The number of para-hydroxylation sites is 1. The smallest absolute Gasteiger partial charge is 0.0544 e. The molecular formula is C16H14N2. The van der Waals surface area contributed by atoms with Crippen LogP contribution in [0.3, 0.4) is 0 Å². The van der Waals surface area contributed by atoms with Crippen LogP contribution in [0, 0.1) is 0 Å². The number of aromatic amines is 1. The molecule has 0 fully saturated rings. The third-order valence-electron chi connectivity index (χ3n) is 3.41. The summed E-state index contributed by atoms with van der Waals surface area (Å²) in [4.78, 5) is 3.52. The van der Waals surface area contributed by atoms with Crippen LogP contribution in [-0.2, 0) is 0 Å². The van der Waals surface area contributed by atoms with Gasteiger partial charge in [0.05, 0.1) is 5.52 Å². The van der Waals surface area contributed by atoms with Gasteiger partial charge in [-0.1, -0.05) is 54.6 Å². The van der Waals surface area contributed by atoms with Crippen molar-refractivity contribution in [1.82, 2.24) is 11.1 Å². The van der Waals surface area contributed by atoms with Gasteiger partial charge in [0.15, 0.2) is 0 Å². The van der Waals surface area contributed by atoms with Crippen LogP contribution in [0.2, 0.25) is 0 Å². The molecule has 3 aromatic carbocycles. The van der Waals surface area contributed by atoms with Crippen molar-refractivity contribution in [3.63, 3.8) is 0 Å². The highest BCUT2D eigenvalue weighted by molar-refractivity contribution is 6.16. The van der Waals surface area contributed by atoms with Crippen LogP contribution in [0.15, 0.2) is 60.7 Å². The molecule has 1 aromatic heterocycles. The predicted molar refractivity (Wildman–Crippen MR) is 78.3 cm³/mol. The Labute approximate surface area is 105 Å². The first-order valence-electron chi connectivity index (χ1n) is 5.82. The number of rotatable bonds is 0. The molecule has 88 valence electrons. The largest absolute Gasteiger partial charge is 0.354 e. The van der Waals surface area contributed by atoms with Gasteiger partial charge >= 0.3 is 0 Å². The predicted octanol–water partition coefficient (Wildman–Crippen LogP) is 4.64. The lowest BCUT2D eigenvalue weighted by Crippen LogP contribution is -1.74. The van der Waals surface area contributed by atoms with Gasteiger partial charge in [-0.2, -0.15) is 0 Å². The van der Waals surface area contributed by atoms with E-state index in [1.165, 1.54) is 32.6 Å². The number of nitrogens with one attached hydrogen (secondary N) is 1. The summed E-state index contributed by atoms with van der Waals surface area (Å²) in [6.45, 7) is 0. The second-order valence-corrected chi connectivity index (χ2v) is 4.38. The molecule has 2 heteroatoms. The van der Waals surface area contributed by atoms with E-state index < -0.39 is 0 Å². The van der Waals surface area contributed by atoms with Crippen molar-refractivity contribution >= 4 is 32.6 Å². The fraction of sp³-hybridized carbons (Fsp3) is 0. The molecule has 1 heterocycles. The van der Waals surface area contributed by atoms with Crippen molar-refractivity contribution in [3.05, 3.63) is 60.7 Å². The number of H-pyrrole nitrogens is 1. The Hall–Kier alpha value is -2.32. The second-order valence-electron chi connectivity index (χ2n) is 4.38. The minimum atomic E-state index is 0. The Balaban J connectivity index is 0.000001000. The Morgan fingerprint density at radius 3 is 2.22 bits per heavy atom. The van der Waals surface area contributed by atoms with Crippen molar-refractivity contribution in [2.45, 2.75) is 0 Å². The quantitative estimate of drug-likeness (QED) is 0.457. The van der Waals surface area contributed by atoms with Gasteiger partial charge in [0.25, 0.3) is 0 Å². The molecular weight excluding hydrogens is 220 g/mol. The Bertz CT molecular complexity index is 843. The summed E-state index contributed by atoms with van der Waals surface area (Å²) in [7, 11) is 0. The zero-order chi connectivity index (χ0) is 11.2. The highest BCUT2D eigenvalue weighted by atomic mass is 14.7. The zero-order valence-electron chi connectivity index (χ0n) is 9.98. The van der Waals surface area contributed by atoms with Gasteiger partial charge in [0, 0.05) is 21.7 Å². The minimum absolute atomic E-state index is 0. The van der Waals surface area contributed by atoms with Crippen LogP contribution in [0.1, 0.15) is 0 Å². The lowest BCUT2D eigenvalue weighted by atomic mass is 10.1. The molecule has 0 atom stereocenters. The number of fused-ring (bicyclic) bond motifs is 5. The van der Waals surface area contributed by atoms with Gasteiger partial charge in [-0.15, -0.1) is 0 Å². The molecule has 0 amide bonds. The van der Waals surface area contributed by atoms with Crippen LogP contribution < -0.4 is 6.15 Å². The summed E-state index contributed by atoms with van der Waals surface area (Å²) in [5.41, 5.74) is 2.45. The van der Waals surface area contributed by atoms with Crippen molar-refractivity contribution < 1.29 is 0 Å². The first kappa shape index (κ1) is 10.8. The van der Waals surface area contributed by atoms with E-state index in [0.29, 0.717) is 0 Å². The van der Waals surface area contributed by atoms with Crippen molar-refractivity contribution in [1.29, 1.82) is 0 Å². The summed E-state index contributed by atoms with van der Waals surface area (Å²) in [5, 5.41) is 5.18. The first-order chi connectivity index (χ1) is 8.43. The summed E-state index contributed by atoms with van der Waals surface area (Å²) >= 11 is 0. The van der Waals surface area contributed by atoms with Crippen molar-refractivity contribution in [2.75, 3.05) is 0 Å². The molecule has 0 unspecified atom stereocenters. The fourth-order valence-corrected chi connectivity index (χ4v) is 2.59. The van der Waals surface area contributed by atoms with Crippen LogP contribution >= 0.6 is 0 Å². The highest BCUT2D eigenvalue weighted by Crippen LogP contribution is 2.30. The van der Waals surface area contributed by atoms with Gasteiger partial charge < -0.3 is 11.1 Å². The summed E-state index contributed by atoms with van der Waals surface area (Å²) in [6.07, 6.45) is 0. The van der Waals surface area contributed by atoms with E-state index >= 15 is 0 Å². The van der Waals surface area contributed by atoms with E-state index in [1.807, 2.05) is 0 Å². The molecule has 0 aliphatic heterocycles. The maximum absolute atomic E-state index is 3.52. The Kier molecular flexibility index (Phi) is 2.32. The Morgan fingerprint density at radius 2 is 1.33 bits per heavy atom. The maximum Gasteiger partial charge on any atom is 0.0544 e. The standard InChI is InChI=1S/C16H11N.H3N/c1-2-6-12-11(5-1)9-10-14-13-7-3-4-8-15(13)17-16(12)14;/h1-10,17H;1H3. The number of aromatic nitrogens is 1. The van der Waals surface area contributed by atoms with E-state index in [-0.39, 0.29) is 6.15 Å². The molecule has 4 N–H and O–H groups in total. The SMILES string of the molecule is N.c1ccc2c(c1)ccc1c3ccccc3[nH]c21. The molecule has 4 aromatic rings. The number of benzene rings is 3. The lowest BCUT2D eigenvalue weighted by molar-refractivity contribution is 1.56. The molecule has 0 aliphatic rings. The first-order valence-corrected chi connectivity index (χ1v) is 5.82. The lowest BCUT2D eigenvalue weighted by Gasteiger charge is -1.98. The second kappa shape index (κ2) is 3.86. The van der Waals surface area contributed by atoms with Crippen LogP contribution in [0.4, 0.5) is 0 Å². The molecule has 0 saturated heterocycles. The Morgan fingerprint density at radius 1 is 0.611 bits per heavy atom. The number of hydrogen-bond donors (Lipinski definition) is 2. The molecule has 0 spiro atoms. The fourth-order valence-electron chi connectivity index (χ4n) is 2.59. The van der Waals surface area contributed by atoms with Crippen LogP contribution in [0.5, 0.6) is 0 Å². The normalized spacial score (nSPS) is 10.9. The number of hydrogen-bond acceptors (Lipinski definition) is 1. The third-order valence-corrected chi connectivity index (χ3v) is 3.41. The van der Waals surface area contributed by atoms with Crippen molar-refractivity contribution in [3.8, 4) is 0 Å². The van der Waals surface area contributed by atoms with E-state index in [9.17, 15) is 0 Å². The summed E-state index contributed by atoms with van der Waals surface area (Å²) in [5.74, 6) is 0.